The summed E-state index contributed by atoms with van der Waals surface area (Å²) in [4.78, 5) is 0. The Morgan fingerprint density at radius 2 is 1.70 bits per heavy atom. The minimum absolute atomic E-state index is 0.358. The van der Waals surface area contributed by atoms with E-state index in [1.165, 1.54) is 12.2 Å². The van der Waals surface area contributed by atoms with Crippen molar-refractivity contribution >= 4 is 11.8 Å². The molecule has 2 heterocycles. The molecule has 2 nitrogen and oxygen atoms in total. The normalized spacial score (nSPS) is 31.2. The van der Waals surface area contributed by atoms with Crippen molar-refractivity contribution in [2.75, 3.05) is 32.2 Å². The summed E-state index contributed by atoms with van der Waals surface area (Å²) in [6, 6.07) is 0. The molecule has 2 aliphatic rings. The SMILES string of the molecule is C1COCC2(CCS2)CO1. The van der Waals surface area contributed by atoms with Crippen LogP contribution < -0.4 is 0 Å². The molecule has 0 saturated carbocycles. The summed E-state index contributed by atoms with van der Waals surface area (Å²) < 4.78 is 11.2. The molecule has 3 heteroatoms. The summed E-state index contributed by atoms with van der Waals surface area (Å²) in [5, 5.41) is 0. The molecule has 0 radical (unpaired) electrons. The topological polar surface area (TPSA) is 18.5 Å². The fraction of sp³-hybridized carbons (Fsp3) is 1.00. The summed E-state index contributed by atoms with van der Waals surface area (Å²) in [5.41, 5.74) is 0. The van der Waals surface area contributed by atoms with E-state index in [0.29, 0.717) is 4.75 Å². The van der Waals surface area contributed by atoms with Gasteiger partial charge in [-0.2, -0.15) is 11.8 Å². The molecular formula is C7H12O2S. The molecule has 0 aromatic carbocycles. The monoisotopic (exact) mass is 160 g/mol. The Labute approximate surface area is 65.3 Å². The zero-order valence-electron chi connectivity index (χ0n) is 5.97. The second-order valence-electron chi connectivity index (χ2n) is 2.89. The lowest BCUT2D eigenvalue weighted by atomic mass is 10.1. The van der Waals surface area contributed by atoms with Gasteiger partial charge in [0.2, 0.25) is 0 Å². The lowest BCUT2D eigenvalue weighted by molar-refractivity contribution is 0.103. The molecule has 58 valence electrons. The highest BCUT2D eigenvalue weighted by Crippen LogP contribution is 2.41. The minimum atomic E-state index is 0.358. The molecule has 0 aliphatic carbocycles. The number of hydrogen-bond donors (Lipinski definition) is 0. The summed E-state index contributed by atoms with van der Waals surface area (Å²) in [6.07, 6.45) is 1.28. The summed E-state index contributed by atoms with van der Waals surface area (Å²) in [7, 11) is 0. The van der Waals surface area contributed by atoms with Crippen LogP contribution in [0.15, 0.2) is 0 Å². The van der Waals surface area contributed by atoms with E-state index < -0.39 is 0 Å². The van der Waals surface area contributed by atoms with Crippen molar-refractivity contribution in [3.63, 3.8) is 0 Å². The van der Waals surface area contributed by atoms with Crippen LogP contribution in [0, 0.1) is 0 Å². The van der Waals surface area contributed by atoms with Gasteiger partial charge in [-0.1, -0.05) is 0 Å². The van der Waals surface area contributed by atoms with Gasteiger partial charge in [-0.05, 0) is 12.2 Å². The number of rotatable bonds is 0. The Bertz CT molecular complexity index is 113. The summed E-state index contributed by atoms with van der Waals surface area (Å²) >= 11 is 1.99. The first-order valence-electron chi connectivity index (χ1n) is 3.71. The van der Waals surface area contributed by atoms with Gasteiger partial charge in [-0.25, -0.2) is 0 Å². The second kappa shape index (κ2) is 2.72. The second-order valence-corrected chi connectivity index (χ2v) is 4.45. The van der Waals surface area contributed by atoms with Crippen LogP contribution >= 0.6 is 11.8 Å². The third-order valence-corrected chi connectivity index (χ3v) is 3.53. The van der Waals surface area contributed by atoms with Crippen molar-refractivity contribution in [2.24, 2.45) is 0 Å². The van der Waals surface area contributed by atoms with Gasteiger partial charge in [-0.3, -0.25) is 0 Å². The van der Waals surface area contributed by atoms with E-state index in [0.717, 1.165) is 26.4 Å². The smallest absolute Gasteiger partial charge is 0.0701 e. The van der Waals surface area contributed by atoms with E-state index in [1.54, 1.807) is 0 Å². The van der Waals surface area contributed by atoms with Crippen molar-refractivity contribution in [3.05, 3.63) is 0 Å². The van der Waals surface area contributed by atoms with Gasteiger partial charge >= 0.3 is 0 Å². The van der Waals surface area contributed by atoms with Crippen LogP contribution in [0.5, 0.6) is 0 Å². The summed E-state index contributed by atoms with van der Waals surface area (Å²) in [6.45, 7) is 3.36. The molecule has 2 rings (SSSR count). The van der Waals surface area contributed by atoms with Gasteiger partial charge in [0, 0.05) is 0 Å². The van der Waals surface area contributed by atoms with Gasteiger partial charge < -0.3 is 9.47 Å². The molecule has 10 heavy (non-hydrogen) atoms. The largest absolute Gasteiger partial charge is 0.378 e. The predicted octanol–water partition coefficient (Wildman–Crippen LogP) is 0.909. The molecule has 0 aromatic rings. The first-order valence-corrected chi connectivity index (χ1v) is 4.69. The van der Waals surface area contributed by atoms with Crippen molar-refractivity contribution in [2.45, 2.75) is 11.2 Å². The van der Waals surface area contributed by atoms with E-state index in [-0.39, 0.29) is 0 Å². The van der Waals surface area contributed by atoms with Crippen LogP contribution in [0.2, 0.25) is 0 Å². The van der Waals surface area contributed by atoms with E-state index >= 15 is 0 Å². The Morgan fingerprint density at radius 1 is 1.10 bits per heavy atom. The maximum absolute atomic E-state index is 5.41. The van der Waals surface area contributed by atoms with Crippen LogP contribution in [0.25, 0.3) is 0 Å². The third kappa shape index (κ3) is 1.18. The molecule has 0 amide bonds. The maximum Gasteiger partial charge on any atom is 0.0701 e. The van der Waals surface area contributed by atoms with Crippen molar-refractivity contribution in [1.29, 1.82) is 0 Å². The lowest BCUT2D eigenvalue weighted by Gasteiger charge is -2.38. The van der Waals surface area contributed by atoms with Crippen molar-refractivity contribution < 1.29 is 9.47 Å². The van der Waals surface area contributed by atoms with Gasteiger partial charge in [-0.15, -0.1) is 0 Å². The zero-order chi connectivity index (χ0) is 6.86. The molecule has 0 bridgehead atoms. The first kappa shape index (κ1) is 6.95. The average molecular weight is 160 g/mol. The predicted molar refractivity (Wildman–Crippen MR) is 41.4 cm³/mol. The zero-order valence-corrected chi connectivity index (χ0v) is 6.78. The van der Waals surface area contributed by atoms with Crippen LogP contribution in [0.1, 0.15) is 6.42 Å². The summed E-state index contributed by atoms with van der Waals surface area (Å²) in [5.74, 6) is 1.28. The first-order chi connectivity index (χ1) is 4.91. The number of hydrogen-bond acceptors (Lipinski definition) is 3. The Balaban J connectivity index is 1.92. The molecule has 2 aliphatic heterocycles. The third-order valence-electron chi connectivity index (χ3n) is 2.07. The number of ether oxygens (including phenoxy) is 2. The van der Waals surface area contributed by atoms with Gasteiger partial charge in [0.15, 0.2) is 0 Å². The van der Waals surface area contributed by atoms with E-state index in [9.17, 15) is 0 Å². The van der Waals surface area contributed by atoms with Crippen LogP contribution in [-0.4, -0.2) is 36.9 Å². The minimum Gasteiger partial charge on any atom is -0.378 e. The van der Waals surface area contributed by atoms with E-state index in [2.05, 4.69) is 0 Å². The number of thioether (sulfide) groups is 1. The standard InChI is InChI=1S/C7H12O2S/c1-4-10-7(1)5-8-2-3-9-6-7/h1-6H2. The molecule has 2 fully saturated rings. The fourth-order valence-electron chi connectivity index (χ4n) is 1.29. The maximum atomic E-state index is 5.41. The highest BCUT2D eigenvalue weighted by Gasteiger charge is 2.39. The van der Waals surface area contributed by atoms with E-state index in [4.69, 9.17) is 9.47 Å². The van der Waals surface area contributed by atoms with Gasteiger partial charge in [0.25, 0.3) is 0 Å². The molecular weight excluding hydrogens is 148 g/mol. The molecule has 0 atom stereocenters. The Morgan fingerprint density at radius 3 is 2.10 bits per heavy atom. The highest BCUT2D eigenvalue weighted by molar-refractivity contribution is 8.02. The van der Waals surface area contributed by atoms with Crippen LogP contribution in [-0.2, 0) is 9.47 Å². The molecule has 0 unspecified atom stereocenters. The molecule has 0 N–H and O–H groups in total. The fourth-order valence-corrected chi connectivity index (χ4v) is 2.41. The quantitative estimate of drug-likeness (QED) is 0.525. The molecule has 1 spiro atoms. The van der Waals surface area contributed by atoms with E-state index in [1.807, 2.05) is 11.8 Å². The average Bonchev–Trinajstić information content (AvgIpc) is 2.08. The van der Waals surface area contributed by atoms with Crippen molar-refractivity contribution in [3.8, 4) is 0 Å². The lowest BCUT2D eigenvalue weighted by Crippen LogP contribution is -2.42. The van der Waals surface area contributed by atoms with Crippen molar-refractivity contribution in [1.82, 2.24) is 0 Å². The molecule has 2 saturated heterocycles. The highest BCUT2D eigenvalue weighted by atomic mass is 32.2. The van der Waals surface area contributed by atoms with Crippen LogP contribution in [0.3, 0.4) is 0 Å². The molecule has 0 aromatic heterocycles. The Hall–Kier alpha value is 0.270. The van der Waals surface area contributed by atoms with Crippen LogP contribution in [0.4, 0.5) is 0 Å². The Kier molecular flexibility index (Phi) is 1.89. The van der Waals surface area contributed by atoms with Gasteiger partial charge in [0.05, 0.1) is 31.2 Å². The van der Waals surface area contributed by atoms with Gasteiger partial charge in [0.1, 0.15) is 0 Å².